The molecule has 3 N–H and O–H groups in total. The lowest BCUT2D eigenvalue weighted by atomic mass is 10.4. The van der Waals surface area contributed by atoms with E-state index in [-0.39, 0.29) is 6.54 Å². The van der Waals surface area contributed by atoms with Crippen molar-refractivity contribution in [1.29, 1.82) is 0 Å². The highest BCUT2D eigenvalue weighted by atomic mass is 32.2. The van der Waals surface area contributed by atoms with Gasteiger partial charge in [-0.3, -0.25) is 5.10 Å². The van der Waals surface area contributed by atoms with E-state index in [1.807, 2.05) is 4.72 Å². The zero-order chi connectivity index (χ0) is 12.2. The lowest BCUT2D eigenvalue weighted by molar-refractivity contribution is -0.121. The number of alkyl halides is 3. The van der Waals surface area contributed by atoms with E-state index in [9.17, 15) is 21.6 Å². The Morgan fingerprint density at radius 1 is 1.38 bits per heavy atom. The van der Waals surface area contributed by atoms with Crippen LogP contribution in [-0.4, -0.2) is 31.3 Å². The van der Waals surface area contributed by atoms with Crippen LogP contribution >= 0.6 is 0 Å². The molecule has 6 nitrogen and oxygen atoms in total. The van der Waals surface area contributed by atoms with Crippen LogP contribution in [-0.2, 0) is 16.8 Å². The van der Waals surface area contributed by atoms with Gasteiger partial charge >= 0.3 is 6.18 Å². The van der Waals surface area contributed by atoms with Gasteiger partial charge in [0, 0.05) is 6.20 Å². The van der Waals surface area contributed by atoms with Crippen molar-refractivity contribution in [3.63, 3.8) is 0 Å². The number of nitrogens with zero attached hydrogens (tertiary/aromatic N) is 1. The Bertz CT molecular complexity index is 413. The molecule has 1 heterocycles. The number of nitrogens with one attached hydrogen (secondary N) is 3. The molecule has 0 fully saturated rings. The van der Waals surface area contributed by atoms with Crippen LogP contribution in [0.4, 0.5) is 13.2 Å². The predicted octanol–water partition coefficient (Wildman–Crippen LogP) is -0.104. The molecule has 0 amide bonds. The average Bonchev–Trinajstić information content (AvgIpc) is 2.64. The van der Waals surface area contributed by atoms with Crippen molar-refractivity contribution in [1.82, 2.24) is 19.6 Å². The Morgan fingerprint density at radius 2 is 2.06 bits per heavy atom. The summed E-state index contributed by atoms with van der Waals surface area (Å²) in [5.74, 6) is 0. The van der Waals surface area contributed by atoms with Crippen molar-refractivity contribution in [2.45, 2.75) is 12.7 Å². The lowest BCUT2D eigenvalue weighted by Crippen LogP contribution is -2.41. The fourth-order valence-electron chi connectivity index (χ4n) is 0.784. The summed E-state index contributed by atoms with van der Waals surface area (Å²) in [6.07, 6.45) is -3.19. The molecule has 16 heavy (non-hydrogen) atoms. The third kappa shape index (κ3) is 5.09. The van der Waals surface area contributed by atoms with E-state index in [0.717, 1.165) is 0 Å². The van der Waals surface area contributed by atoms with Gasteiger partial charge in [0.15, 0.2) is 0 Å². The minimum Gasteiger partial charge on any atom is -0.281 e. The maximum Gasteiger partial charge on any atom is 0.402 e. The minimum absolute atomic E-state index is 0.160. The summed E-state index contributed by atoms with van der Waals surface area (Å²) in [6.45, 7) is -1.77. The molecule has 1 rings (SSSR count). The van der Waals surface area contributed by atoms with Crippen LogP contribution in [0, 0.1) is 0 Å². The summed E-state index contributed by atoms with van der Waals surface area (Å²) in [4.78, 5) is 0. The van der Waals surface area contributed by atoms with Gasteiger partial charge in [-0.1, -0.05) is 0 Å². The van der Waals surface area contributed by atoms with Crippen molar-refractivity contribution in [3.05, 3.63) is 18.0 Å². The molecular formula is C6H9F3N4O2S. The van der Waals surface area contributed by atoms with Crippen LogP contribution in [0.3, 0.4) is 0 Å². The monoisotopic (exact) mass is 258 g/mol. The fourth-order valence-corrected chi connectivity index (χ4v) is 1.59. The lowest BCUT2D eigenvalue weighted by Gasteiger charge is -2.09. The Labute approximate surface area is 89.4 Å². The summed E-state index contributed by atoms with van der Waals surface area (Å²) in [5, 5.41) is 6.00. The minimum atomic E-state index is -4.58. The summed E-state index contributed by atoms with van der Waals surface area (Å²) in [7, 11) is -4.16. The largest absolute Gasteiger partial charge is 0.402 e. The molecule has 0 aliphatic carbocycles. The molecule has 1 aromatic heterocycles. The summed E-state index contributed by atoms with van der Waals surface area (Å²) < 4.78 is 60.5. The van der Waals surface area contributed by atoms with Crippen LogP contribution in [0.5, 0.6) is 0 Å². The van der Waals surface area contributed by atoms with E-state index in [1.165, 1.54) is 17.0 Å². The number of hydrogen-bond acceptors (Lipinski definition) is 3. The molecule has 1 aromatic rings. The highest BCUT2D eigenvalue weighted by Crippen LogP contribution is 2.12. The van der Waals surface area contributed by atoms with Gasteiger partial charge in [0.1, 0.15) is 6.54 Å². The van der Waals surface area contributed by atoms with Crippen LogP contribution in [0.15, 0.2) is 12.3 Å². The first-order valence-electron chi connectivity index (χ1n) is 4.08. The van der Waals surface area contributed by atoms with Crippen LogP contribution in [0.2, 0.25) is 0 Å². The number of H-pyrrole nitrogens is 1. The molecule has 0 aromatic carbocycles. The van der Waals surface area contributed by atoms with Crippen molar-refractivity contribution < 1.29 is 21.6 Å². The molecule has 0 spiro atoms. The molecule has 0 unspecified atom stereocenters. The Balaban J connectivity index is 2.41. The number of halogens is 3. The van der Waals surface area contributed by atoms with Gasteiger partial charge in [0.25, 0.3) is 10.2 Å². The second kappa shape index (κ2) is 4.80. The highest BCUT2D eigenvalue weighted by molar-refractivity contribution is 7.87. The first-order chi connectivity index (χ1) is 7.29. The quantitative estimate of drug-likeness (QED) is 0.689. The number of aromatic amines is 1. The summed E-state index contributed by atoms with van der Waals surface area (Å²) >= 11 is 0. The van der Waals surface area contributed by atoms with E-state index >= 15 is 0 Å². The number of aromatic nitrogens is 2. The first-order valence-corrected chi connectivity index (χ1v) is 5.56. The SMILES string of the molecule is O=S(=O)(NCc1ccn[nH]1)NCC(F)(F)F. The van der Waals surface area contributed by atoms with Crippen molar-refractivity contribution in [2.24, 2.45) is 0 Å². The average molecular weight is 258 g/mol. The van der Waals surface area contributed by atoms with Gasteiger partial charge in [-0.25, -0.2) is 0 Å². The normalized spacial score (nSPS) is 12.9. The van der Waals surface area contributed by atoms with Crippen molar-refractivity contribution in [3.8, 4) is 0 Å². The molecule has 0 saturated carbocycles. The molecule has 0 radical (unpaired) electrons. The fraction of sp³-hybridized carbons (Fsp3) is 0.500. The van der Waals surface area contributed by atoms with Crippen LogP contribution < -0.4 is 9.44 Å². The predicted molar refractivity (Wildman–Crippen MR) is 48.4 cm³/mol. The van der Waals surface area contributed by atoms with Gasteiger partial charge in [0.2, 0.25) is 0 Å². The van der Waals surface area contributed by atoms with Crippen molar-refractivity contribution >= 4 is 10.2 Å². The smallest absolute Gasteiger partial charge is 0.281 e. The van der Waals surface area contributed by atoms with E-state index in [4.69, 9.17) is 0 Å². The maximum atomic E-state index is 11.7. The van der Waals surface area contributed by atoms with Crippen LogP contribution in [0.25, 0.3) is 0 Å². The molecule has 0 saturated heterocycles. The van der Waals surface area contributed by atoms with Gasteiger partial charge in [-0.2, -0.15) is 36.1 Å². The number of hydrogen-bond donors (Lipinski definition) is 3. The van der Waals surface area contributed by atoms with Crippen LogP contribution in [0.1, 0.15) is 5.69 Å². The summed E-state index contributed by atoms with van der Waals surface area (Å²) in [6, 6.07) is 1.49. The Kier molecular flexibility index (Phi) is 3.88. The van der Waals surface area contributed by atoms with E-state index in [2.05, 4.69) is 10.2 Å². The standard InChI is InChI=1S/C6H9F3N4O2S/c7-6(8,9)4-12-16(14,15)11-3-5-1-2-10-13-5/h1-2,11-12H,3-4H2,(H,10,13). The first kappa shape index (κ1) is 12.9. The zero-order valence-corrected chi connectivity index (χ0v) is 8.69. The molecule has 10 heteroatoms. The van der Waals surface area contributed by atoms with Gasteiger partial charge in [-0.15, -0.1) is 0 Å². The van der Waals surface area contributed by atoms with Gasteiger partial charge < -0.3 is 0 Å². The molecule has 0 bridgehead atoms. The Morgan fingerprint density at radius 3 is 2.56 bits per heavy atom. The Hall–Kier alpha value is -1.13. The molecule has 0 aliphatic heterocycles. The van der Waals surface area contributed by atoms with Gasteiger partial charge in [-0.05, 0) is 6.07 Å². The second-order valence-corrected chi connectivity index (χ2v) is 4.43. The third-order valence-electron chi connectivity index (χ3n) is 1.47. The molecular weight excluding hydrogens is 249 g/mol. The topological polar surface area (TPSA) is 86.9 Å². The second-order valence-electron chi connectivity index (χ2n) is 2.84. The maximum absolute atomic E-state index is 11.7. The summed E-state index contributed by atoms with van der Waals surface area (Å²) in [5.41, 5.74) is 0.442. The van der Waals surface area contributed by atoms with E-state index < -0.39 is 22.9 Å². The zero-order valence-electron chi connectivity index (χ0n) is 7.87. The van der Waals surface area contributed by atoms with Gasteiger partial charge in [0.05, 0.1) is 12.2 Å². The van der Waals surface area contributed by atoms with E-state index in [1.54, 1.807) is 0 Å². The number of rotatable bonds is 5. The molecule has 0 atom stereocenters. The van der Waals surface area contributed by atoms with Crippen molar-refractivity contribution in [2.75, 3.05) is 6.54 Å². The molecule has 0 aliphatic rings. The highest BCUT2D eigenvalue weighted by Gasteiger charge is 2.29. The third-order valence-corrected chi connectivity index (χ3v) is 2.52. The van der Waals surface area contributed by atoms with E-state index in [0.29, 0.717) is 5.69 Å². The molecule has 92 valence electrons.